The summed E-state index contributed by atoms with van der Waals surface area (Å²) in [6, 6.07) is -0.0306. The van der Waals surface area contributed by atoms with Gasteiger partial charge in [0.15, 0.2) is 0 Å². The Bertz CT molecular complexity index is 352. The van der Waals surface area contributed by atoms with Gasteiger partial charge in [-0.05, 0) is 13.0 Å². The maximum atomic E-state index is 11.9. The van der Waals surface area contributed by atoms with Crippen molar-refractivity contribution in [3.8, 4) is 0 Å². The molecule has 1 atom stereocenters. The molecule has 0 bridgehead atoms. The molecule has 0 radical (unpaired) electrons. The molecule has 0 spiro atoms. The number of rotatable bonds is 7. The Morgan fingerprint density at radius 3 is 2.72 bits per heavy atom. The van der Waals surface area contributed by atoms with Gasteiger partial charge in [0.25, 0.3) is 0 Å². The molecule has 1 heterocycles. The quantitative estimate of drug-likeness (QED) is 0.767. The average molecular weight is 265 g/mol. The van der Waals surface area contributed by atoms with Gasteiger partial charge in [0.2, 0.25) is 0 Å². The van der Waals surface area contributed by atoms with E-state index in [4.69, 9.17) is 0 Å². The van der Waals surface area contributed by atoms with Gasteiger partial charge in [-0.3, -0.25) is 4.68 Å². The van der Waals surface area contributed by atoms with E-state index < -0.39 is 12.8 Å². The van der Waals surface area contributed by atoms with Gasteiger partial charge in [0.1, 0.15) is 6.61 Å². The Hall–Kier alpha value is -1.08. The van der Waals surface area contributed by atoms with Crippen LogP contribution in [0.5, 0.6) is 0 Å². The fourth-order valence-corrected chi connectivity index (χ4v) is 1.64. The van der Waals surface area contributed by atoms with E-state index >= 15 is 0 Å². The number of ether oxygens (including phenoxy) is 1. The molecule has 4 nitrogen and oxygen atoms in total. The van der Waals surface area contributed by atoms with Crippen molar-refractivity contribution in [1.29, 1.82) is 0 Å². The number of halogens is 3. The highest BCUT2D eigenvalue weighted by Gasteiger charge is 2.27. The van der Waals surface area contributed by atoms with Crippen LogP contribution in [0.2, 0.25) is 0 Å². The molecule has 0 aromatic carbocycles. The van der Waals surface area contributed by atoms with Crippen molar-refractivity contribution in [3.63, 3.8) is 0 Å². The summed E-state index contributed by atoms with van der Waals surface area (Å²) in [6.45, 7) is 1.55. The number of nitrogens with zero attached hydrogens (tertiary/aromatic N) is 2. The molecule has 1 aromatic heterocycles. The minimum Gasteiger partial charge on any atom is -0.372 e. The first-order valence-corrected chi connectivity index (χ1v) is 5.79. The van der Waals surface area contributed by atoms with Crippen LogP contribution in [0.25, 0.3) is 0 Å². The van der Waals surface area contributed by atoms with Gasteiger partial charge in [-0.15, -0.1) is 0 Å². The molecule has 1 aromatic rings. The minimum atomic E-state index is -4.26. The molecule has 0 aliphatic rings. The number of hydrogen-bond acceptors (Lipinski definition) is 3. The molecule has 1 rings (SSSR count). The number of aryl methyl sites for hydroxylation is 1. The molecule has 0 fully saturated rings. The molecular weight excluding hydrogens is 247 g/mol. The van der Waals surface area contributed by atoms with Crippen LogP contribution in [0.3, 0.4) is 0 Å². The first kappa shape index (κ1) is 15.0. The topological polar surface area (TPSA) is 39.1 Å². The lowest BCUT2D eigenvalue weighted by Crippen LogP contribution is -2.23. The summed E-state index contributed by atoms with van der Waals surface area (Å²) in [4.78, 5) is 0. The number of nitrogens with one attached hydrogen (secondary N) is 1. The lowest BCUT2D eigenvalue weighted by atomic mass is 10.1. The van der Waals surface area contributed by atoms with Crippen LogP contribution >= 0.6 is 0 Å². The third-order valence-corrected chi connectivity index (χ3v) is 2.39. The third kappa shape index (κ3) is 5.50. The smallest absolute Gasteiger partial charge is 0.372 e. The van der Waals surface area contributed by atoms with Crippen LogP contribution in [0, 0.1) is 0 Å². The fraction of sp³-hybridized carbons (Fsp3) is 0.727. The van der Waals surface area contributed by atoms with Crippen molar-refractivity contribution in [3.05, 3.63) is 18.0 Å². The lowest BCUT2D eigenvalue weighted by molar-refractivity contribution is -0.174. The Morgan fingerprint density at radius 1 is 1.50 bits per heavy atom. The van der Waals surface area contributed by atoms with Crippen molar-refractivity contribution in [2.24, 2.45) is 7.05 Å². The predicted octanol–water partition coefficient (Wildman–Crippen LogP) is 2.04. The highest BCUT2D eigenvalue weighted by atomic mass is 19.4. The molecule has 1 unspecified atom stereocenters. The molecule has 7 heteroatoms. The first-order valence-electron chi connectivity index (χ1n) is 5.79. The van der Waals surface area contributed by atoms with Gasteiger partial charge in [0.05, 0.1) is 6.20 Å². The Morgan fingerprint density at radius 2 is 2.22 bits per heavy atom. The first-order chi connectivity index (χ1) is 8.42. The zero-order valence-electron chi connectivity index (χ0n) is 10.5. The zero-order chi connectivity index (χ0) is 13.6. The second-order valence-corrected chi connectivity index (χ2v) is 4.01. The van der Waals surface area contributed by atoms with Crippen LogP contribution in [-0.2, 0) is 11.8 Å². The van der Waals surface area contributed by atoms with Gasteiger partial charge < -0.3 is 10.1 Å². The second-order valence-electron chi connectivity index (χ2n) is 4.01. The predicted molar refractivity (Wildman–Crippen MR) is 61.1 cm³/mol. The average Bonchev–Trinajstić information content (AvgIpc) is 2.68. The number of alkyl halides is 3. The van der Waals surface area contributed by atoms with Crippen molar-refractivity contribution in [2.45, 2.75) is 25.6 Å². The molecule has 0 aliphatic heterocycles. The summed E-state index contributed by atoms with van der Waals surface area (Å²) in [6.07, 6.45) is -0.230. The van der Waals surface area contributed by atoms with E-state index in [-0.39, 0.29) is 12.6 Å². The summed E-state index contributed by atoms with van der Waals surface area (Å²) in [5.41, 5.74) is 0.954. The lowest BCUT2D eigenvalue weighted by Gasteiger charge is -2.16. The van der Waals surface area contributed by atoms with Crippen molar-refractivity contribution in [2.75, 3.05) is 19.8 Å². The molecule has 0 aliphatic carbocycles. The maximum absolute atomic E-state index is 11.9. The maximum Gasteiger partial charge on any atom is 0.411 e. The second kappa shape index (κ2) is 6.75. The zero-order valence-corrected chi connectivity index (χ0v) is 10.5. The van der Waals surface area contributed by atoms with Gasteiger partial charge in [-0.25, -0.2) is 0 Å². The largest absolute Gasteiger partial charge is 0.411 e. The SMILES string of the molecule is CCNC(CCOCC(F)(F)F)c1cnn(C)c1. The highest BCUT2D eigenvalue weighted by molar-refractivity contribution is 5.10. The monoisotopic (exact) mass is 265 g/mol. The van der Waals surface area contributed by atoms with Crippen LogP contribution in [0.4, 0.5) is 13.2 Å². The van der Waals surface area contributed by atoms with E-state index in [0.29, 0.717) is 6.42 Å². The fourth-order valence-electron chi connectivity index (χ4n) is 1.64. The molecule has 1 N–H and O–H groups in total. The molecule has 0 saturated heterocycles. The standard InChI is InChI=1S/C11H18F3N3O/c1-3-15-10(9-6-16-17(2)7-9)4-5-18-8-11(12,13)14/h6-7,10,15H,3-5,8H2,1-2H3. The van der Waals surface area contributed by atoms with E-state index in [1.54, 1.807) is 17.9 Å². The summed E-state index contributed by atoms with van der Waals surface area (Å²) < 4.78 is 42.0. The van der Waals surface area contributed by atoms with Crippen molar-refractivity contribution in [1.82, 2.24) is 15.1 Å². The van der Waals surface area contributed by atoms with E-state index in [0.717, 1.165) is 12.1 Å². The Kier molecular flexibility index (Phi) is 5.61. The van der Waals surface area contributed by atoms with Crippen LogP contribution in [0.1, 0.15) is 24.9 Å². The third-order valence-electron chi connectivity index (χ3n) is 2.39. The van der Waals surface area contributed by atoms with Gasteiger partial charge in [-0.2, -0.15) is 18.3 Å². The van der Waals surface area contributed by atoms with Crippen molar-refractivity contribution >= 4 is 0 Å². The van der Waals surface area contributed by atoms with E-state index in [1.165, 1.54) is 0 Å². The van der Waals surface area contributed by atoms with Crippen molar-refractivity contribution < 1.29 is 17.9 Å². The summed E-state index contributed by atoms with van der Waals surface area (Å²) in [7, 11) is 1.80. The molecule has 0 saturated carbocycles. The van der Waals surface area contributed by atoms with Gasteiger partial charge >= 0.3 is 6.18 Å². The van der Waals surface area contributed by atoms with E-state index in [2.05, 4.69) is 15.2 Å². The van der Waals surface area contributed by atoms with E-state index in [9.17, 15) is 13.2 Å². The highest BCUT2D eigenvalue weighted by Crippen LogP contribution is 2.18. The Balaban J connectivity index is 2.39. The molecular formula is C11H18F3N3O. The summed E-state index contributed by atoms with van der Waals surface area (Å²) in [5.74, 6) is 0. The molecule has 0 amide bonds. The van der Waals surface area contributed by atoms with Crippen LogP contribution < -0.4 is 5.32 Å². The van der Waals surface area contributed by atoms with E-state index in [1.807, 2.05) is 13.1 Å². The number of aromatic nitrogens is 2. The summed E-state index contributed by atoms with van der Waals surface area (Å²) in [5, 5.41) is 7.24. The molecule has 18 heavy (non-hydrogen) atoms. The normalized spacial score (nSPS) is 13.8. The number of hydrogen-bond donors (Lipinski definition) is 1. The van der Waals surface area contributed by atoms with Gasteiger partial charge in [-0.1, -0.05) is 6.92 Å². The minimum absolute atomic E-state index is 0.0306. The van der Waals surface area contributed by atoms with Crippen LogP contribution in [-0.4, -0.2) is 35.7 Å². The molecule has 104 valence electrons. The van der Waals surface area contributed by atoms with Gasteiger partial charge in [0, 0.05) is 31.5 Å². The Labute approximate surface area is 104 Å². The summed E-state index contributed by atoms with van der Waals surface area (Å²) >= 11 is 0. The van der Waals surface area contributed by atoms with Crippen LogP contribution in [0.15, 0.2) is 12.4 Å².